The van der Waals surface area contributed by atoms with Gasteiger partial charge in [-0.05, 0) is 48.7 Å². The summed E-state index contributed by atoms with van der Waals surface area (Å²) in [6.45, 7) is 1.82. The Hall–Kier alpha value is -2.12. The molecule has 6 nitrogen and oxygen atoms in total. The molecule has 0 radical (unpaired) electrons. The van der Waals surface area contributed by atoms with E-state index in [-0.39, 0.29) is 11.9 Å². The minimum atomic E-state index is -0.422. The van der Waals surface area contributed by atoms with Crippen molar-refractivity contribution in [3.8, 4) is 0 Å². The van der Waals surface area contributed by atoms with Crippen LogP contribution in [-0.4, -0.2) is 17.7 Å². The van der Waals surface area contributed by atoms with Crippen LogP contribution in [0.25, 0.3) is 0 Å². The number of benzene rings is 2. The number of carbonyl (C=O) groups excluding carboxylic acids is 1. The molecule has 5 N–H and O–H groups in total. The van der Waals surface area contributed by atoms with Gasteiger partial charge in [-0.3, -0.25) is 4.79 Å². The molecule has 1 aliphatic heterocycles. The maximum absolute atomic E-state index is 12.4. The van der Waals surface area contributed by atoms with Crippen LogP contribution in [0, 0.1) is 0 Å². The Morgan fingerprint density at radius 3 is 2.62 bits per heavy atom. The molecule has 2 atom stereocenters. The first-order valence-corrected chi connectivity index (χ1v) is 8.85. The van der Waals surface area contributed by atoms with Gasteiger partial charge in [-0.1, -0.05) is 41.4 Å². The second-order valence-corrected chi connectivity index (χ2v) is 6.93. The standard InChI is InChI=1S/C18H19Cl2N5O/c1-10(11-2-5-13(21)6-3-11)22-25-18(26)17-9-16(23-24-17)14-7-4-12(19)8-15(14)20/h2-8,16-17,23-24H,9,21H2,1H3,(H,25,26)/b22-10+. The molecule has 2 aromatic rings. The third kappa shape index (κ3) is 4.34. The Bertz CT molecular complexity index is 838. The summed E-state index contributed by atoms with van der Waals surface area (Å²) >= 11 is 12.2. The average molecular weight is 392 g/mol. The van der Waals surface area contributed by atoms with Gasteiger partial charge in [-0.25, -0.2) is 16.3 Å². The van der Waals surface area contributed by atoms with E-state index in [4.69, 9.17) is 28.9 Å². The number of nitrogens with zero attached hydrogens (tertiary/aromatic N) is 1. The van der Waals surface area contributed by atoms with Gasteiger partial charge < -0.3 is 5.73 Å². The van der Waals surface area contributed by atoms with Crippen molar-refractivity contribution in [2.75, 3.05) is 5.73 Å². The Kier molecular flexibility index (Phi) is 5.78. The summed E-state index contributed by atoms with van der Waals surface area (Å²) in [7, 11) is 0. The number of hydrogen-bond donors (Lipinski definition) is 4. The summed E-state index contributed by atoms with van der Waals surface area (Å²) in [6.07, 6.45) is 0.545. The zero-order valence-corrected chi connectivity index (χ0v) is 15.6. The highest BCUT2D eigenvalue weighted by Gasteiger charge is 2.31. The molecule has 1 aliphatic rings. The van der Waals surface area contributed by atoms with Crippen LogP contribution in [-0.2, 0) is 4.79 Å². The van der Waals surface area contributed by atoms with Crippen LogP contribution < -0.4 is 22.0 Å². The Labute approximate surface area is 161 Å². The van der Waals surface area contributed by atoms with Crippen molar-refractivity contribution in [2.45, 2.75) is 25.4 Å². The summed E-state index contributed by atoms with van der Waals surface area (Å²) in [6, 6.07) is 12.1. The van der Waals surface area contributed by atoms with Crippen molar-refractivity contribution in [1.82, 2.24) is 16.3 Å². The van der Waals surface area contributed by atoms with E-state index in [1.165, 1.54) is 0 Å². The highest BCUT2D eigenvalue weighted by molar-refractivity contribution is 6.35. The number of halogens is 2. The minimum absolute atomic E-state index is 0.0855. The molecule has 0 aromatic heterocycles. The molecule has 3 rings (SSSR count). The summed E-state index contributed by atoms with van der Waals surface area (Å²) < 4.78 is 0. The van der Waals surface area contributed by atoms with Crippen LogP contribution in [0.2, 0.25) is 10.0 Å². The molecule has 0 bridgehead atoms. The maximum Gasteiger partial charge on any atom is 0.258 e. The Balaban J connectivity index is 1.61. The van der Waals surface area contributed by atoms with Gasteiger partial charge in [0.1, 0.15) is 6.04 Å². The smallest absolute Gasteiger partial charge is 0.258 e. The van der Waals surface area contributed by atoms with Crippen LogP contribution in [0.3, 0.4) is 0 Å². The highest BCUT2D eigenvalue weighted by Crippen LogP contribution is 2.30. The van der Waals surface area contributed by atoms with E-state index in [1.807, 2.05) is 25.1 Å². The molecule has 0 spiro atoms. The van der Waals surface area contributed by atoms with Gasteiger partial charge in [0.15, 0.2) is 0 Å². The Morgan fingerprint density at radius 1 is 1.19 bits per heavy atom. The molecule has 26 heavy (non-hydrogen) atoms. The van der Waals surface area contributed by atoms with Crippen molar-refractivity contribution < 1.29 is 4.79 Å². The molecular formula is C18H19Cl2N5O. The molecule has 1 amide bonds. The molecule has 0 saturated carbocycles. The topological polar surface area (TPSA) is 91.5 Å². The fourth-order valence-electron chi connectivity index (χ4n) is 2.72. The number of amides is 1. The van der Waals surface area contributed by atoms with E-state index in [0.29, 0.717) is 27.9 Å². The monoisotopic (exact) mass is 391 g/mol. The summed E-state index contributed by atoms with van der Waals surface area (Å²) in [5, 5.41) is 5.30. The van der Waals surface area contributed by atoms with E-state index in [0.717, 1.165) is 11.1 Å². The quantitative estimate of drug-likeness (QED) is 0.366. The predicted molar refractivity (Wildman–Crippen MR) is 105 cm³/mol. The number of hydrogen-bond acceptors (Lipinski definition) is 5. The summed E-state index contributed by atoms with van der Waals surface area (Å²) in [5.41, 5.74) is 17.5. The van der Waals surface area contributed by atoms with Gasteiger partial charge in [0.2, 0.25) is 0 Å². The van der Waals surface area contributed by atoms with Gasteiger partial charge in [0.05, 0.1) is 5.71 Å². The largest absolute Gasteiger partial charge is 0.399 e. The molecule has 2 unspecified atom stereocenters. The van der Waals surface area contributed by atoms with Crippen molar-refractivity contribution in [2.24, 2.45) is 5.10 Å². The zero-order valence-electron chi connectivity index (χ0n) is 14.1. The highest BCUT2D eigenvalue weighted by atomic mass is 35.5. The zero-order chi connectivity index (χ0) is 18.7. The van der Waals surface area contributed by atoms with Crippen molar-refractivity contribution in [3.05, 3.63) is 63.6 Å². The number of nitrogens with two attached hydrogens (primary N) is 1. The van der Waals surface area contributed by atoms with Crippen LogP contribution in [0.15, 0.2) is 47.6 Å². The van der Waals surface area contributed by atoms with Gasteiger partial charge >= 0.3 is 0 Å². The molecule has 1 saturated heterocycles. The first-order chi connectivity index (χ1) is 12.4. The van der Waals surface area contributed by atoms with E-state index in [2.05, 4.69) is 21.4 Å². The van der Waals surface area contributed by atoms with Crippen molar-refractivity contribution >= 4 is 40.5 Å². The molecule has 2 aromatic carbocycles. The Morgan fingerprint density at radius 2 is 1.92 bits per heavy atom. The number of carbonyl (C=O) groups is 1. The SMILES string of the molecule is C/C(=N\NC(=O)C1CC(c2ccc(Cl)cc2Cl)NN1)c1ccc(N)cc1. The van der Waals surface area contributed by atoms with E-state index in [1.54, 1.807) is 24.3 Å². The fraction of sp³-hybridized carbons (Fsp3) is 0.222. The van der Waals surface area contributed by atoms with Gasteiger partial charge in [-0.15, -0.1) is 0 Å². The second-order valence-electron chi connectivity index (χ2n) is 6.09. The molecule has 8 heteroatoms. The summed E-state index contributed by atoms with van der Waals surface area (Å²) in [4.78, 5) is 12.4. The van der Waals surface area contributed by atoms with Crippen LogP contribution >= 0.6 is 23.2 Å². The lowest BCUT2D eigenvalue weighted by Crippen LogP contribution is -2.41. The lowest BCUT2D eigenvalue weighted by atomic mass is 10.0. The number of anilines is 1. The van der Waals surface area contributed by atoms with Crippen LogP contribution in [0.5, 0.6) is 0 Å². The fourth-order valence-corrected chi connectivity index (χ4v) is 3.26. The van der Waals surface area contributed by atoms with Crippen LogP contribution in [0.1, 0.15) is 30.5 Å². The molecule has 1 heterocycles. The number of nitrogen functional groups attached to an aromatic ring is 1. The van der Waals surface area contributed by atoms with Gasteiger partial charge in [-0.2, -0.15) is 5.10 Å². The minimum Gasteiger partial charge on any atom is -0.399 e. The maximum atomic E-state index is 12.4. The van der Waals surface area contributed by atoms with E-state index in [9.17, 15) is 4.79 Å². The third-order valence-electron chi connectivity index (χ3n) is 4.22. The summed E-state index contributed by atoms with van der Waals surface area (Å²) in [5.74, 6) is -0.222. The number of hydrazone groups is 1. The lowest BCUT2D eigenvalue weighted by molar-refractivity contribution is -0.122. The van der Waals surface area contributed by atoms with Gasteiger partial charge in [0.25, 0.3) is 5.91 Å². The predicted octanol–water partition coefficient (Wildman–Crippen LogP) is 3.02. The van der Waals surface area contributed by atoms with Crippen molar-refractivity contribution in [3.63, 3.8) is 0 Å². The number of nitrogens with one attached hydrogen (secondary N) is 3. The average Bonchev–Trinajstić information content (AvgIpc) is 3.10. The first-order valence-electron chi connectivity index (χ1n) is 8.10. The lowest BCUT2D eigenvalue weighted by Gasteiger charge is -2.11. The second kappa shape index (κ2) is 8.05. The number of rotatable bonds is 4. The van der Waals surface area contributed by atoms with Gasteiger partial charge in [0, 0.05) is 21.8 Å². The molecule has 136 valence electrons. The van der Waals surface area contributed by atoms with E-state index < -0.39 is 6.04 Å². The normalized spacial score (nSPS) is 20.2. The number of hydrazine groups is 1. The first kappa shape index (κ1) is 18.7. The molecular weight excluding hydrogens is 373 g/mol. The van der Waals surface area contributed by atoms with E-state index >= 15 is 0 Å². The third-order valence-corrected chi connectivity index (χ3v) is 4.78. The molecule has 0 aliphatic carbocycles. The van der Waals surface area contributed by atoms with Crippen molar-refractivity contribution in [1.29, 1.82) is 0 Å². The van der Waals surface area contributed by atoms with Crippen LogP contribution in [0.4, 0.5) is 5.69 Å². The molecule has 1 fully saturated rings.